The number of rotatable bonds is 8. The maximum Gasteiger partial charge on any atom is 0.170 e. The molecule has 0 aromatic heterocycles. The molecular formula is C14H22FN3O2. The summed E-state index contributed by atoms with van der Waals surface area (Å²) in [4.78, 5) is 0. The molecule has 5 N–H and O–H groups in total. The number of benzene rings is 1. The number of aliphatic hydroxyl groups is 1. The molecule has 1 aromatic carbocycles. The van der Waals surface area contributed by atoms with Gasteiger partial charge in [-0.2, -0.15) is 0 Å². The van der Waals surface area contributed by atoms with Crippen molar-refractivity contribution in [3.8, 4) is 0 Å². The highest BCUT2D eigenvalue weighted by Gasteiger charge is 2.08. The molecule has 1 aromatic rings. The van der Waals surface area contributed by atoms with Gasteiger partial charge in [0.2, 0.25) is 0 Å². The van der Waals surface area contributed by atoms with E-state index in [1.54, 1.807) is 12.1 Å². The highest BCUT2D eigenvalue weighted by Crippen LogP contribution is 2.11. The smallest absolute Gasteiger partial charge is 0.170 e. The Kier molecular flexibility index (Phi) is 6.97. The lowest BCUT2D eigenvalue weighted by atomic mass is 10.0. The molecule has 1 atom stereocenters. The number of oxime groups is 1. The SMILES string of the molecule is CCC(CCO)CNCc1ccc(/C(N)=N/O)cc1F. The predicted molar refractivity (Wildman–Crippen MR) is 76.1 cm³/mol. The van der Waals surface area contributed by atoms with Crippen LogP contribution in [0.25, 0.3) is 0 Å². The second-order valence-electron chi connectivity index (χ2n) is 4.71. The lowest BCUT2D eigenvalue weighted by Gasteiger charge is -2.14. The van der Waals surface area contributed by atoms with E-state index in [1.807, 2.05) is 0 Å². The average Bonchev–Trinajstić information content (AvgIpc) is 2.46. The van der Waals surface area contributed by atoms with E-state index in [9.17, 15) is 4.39 Å². The van der Waals surface area contributed by atoms with Gasteiger partial charge in [0.05, 0.1) is 0 Å². The second kappa shape index (κ2) is 8.50. The van der Waals surface area contributed by atoms with Gasteiger partial charge in [-0.05, 0) is 24.9 Å². The zero-order valence-corrected chi connectivity index (χ0v) is 11.6. The van der Waals surface area contributed by atoms with E-state index in [-0.39, 0.29) is 12.4 Å². The minimum Gasteiger partial charge on any atom is -0.409 e. The molecule has 0 bridgehead atoms. The molecule has 6 heteroatoms. The number of hydrogen-bond donors (Lipinski definition) is 4. The van der Waals surface area contributed by atoms with Gasteiger partial charge >= 0.3 is 0 Å². The molecule has 1 rings (SSSR count). The molecule has 0 aliphatic carbocycles. The Morgan fingerprint density at radius 3 is 2.80 bits per heavy atom. The second-order valence-corrected chi connectivity index (χ2v) is 4.71. The van der Waals surface area contributed by atoms with Crippen molar-refractivity contribution < 1.29 is 14.7 Å². The number of nitrogens with one attached hydrogen (secondary N) is 1. The van der Waals surface area contributed by atoms with Gasteiger partial charge in [0.25, 0.3) is 0 Å². The maximum absolute atomic E-state index is 13.8. The van der Waals surface area contributed by atoms with Crippen LogP contribution in [0.1, 0.15) is 30.9 Å². The van der Waals surface area contributed by atoms with Crippen molar-refractivity contribution in [2.24, 2.45) is 16.8 Å². The van der Waals surface area contributed by atoms with E-state index in [0.717, 1.165) is 19.4 Å². The van der Waals surface area contributed by atoms with Gasteiger partial charge in [-0.25, -0.2) is 4.39 Å². The van der Waals surface area contributed by atoms with Crippen LogP contribution in [0, 0.1) is 11.7 Å². The largest absolute Gasteiger partial charge is 0.409 e. The van der Waals surface area contributed by atoms with E-state index < -0.39 is 5.82 Å². The summed E-state index contributed by atoms with van der Waals surface area (Å²) in [5.74, 6) is -0.117. The van der Waals surface area contributed by atoms with Crippen molar-refractivity contribution in [2.45, 2.75) is 26.3 Å². The number of hydrogen-bond acceptors (Lipinski definition) is 4. The maximum atomic E-state index is 13.8. The molecule has 0 aliphatic heterocycles. The van der Waals surface area contributed by atoms with Crippen LogP contribution < -0.4 is 11.1 Å². The van der Waals surface area contributed by atoms with Gasteiger partial charge in [0.1, 0.15) is 5.82 Å². The van der Waals surface area contributed by atoms with E-state index in [2.05, 4.69) is 17.4 Å². The number of nitrogens with zero attached hydrogens (tertiary/aromatic N) is 1. The van der Waals surface area contributed by atoms with Crippen molar-refractivity contribution in [3.05, 3.63) is 35.1 Å². The average molecular weight is 283 g/mol. The van der Waals surface area contributed by atoms with Crippen molar-refractivity contribution in [3.63, 3.8) is 0 Å². The predicted octanol–water partition coefficient (Wildman–Crippen LogP) is 1.42. The van der Waals surface area contributed by atoms with Gasteiger partial charge in [0, 0.05) is 24.3 Å². The summed E-state index contributed by atoms with van der Waals surface area (Å²) >= 11 is 0. The summed E-state index contributed by atoms with van der Waals surface area (Å²) < 4.78 is 13.8. The molecular weight excluding hydrogens is 261 g/mol. The van der Waals surface area contributed by atoms with Gasteiger partial charge in [0.15, 0.2) is 5.84 Å². The summed E-state index contributed by atoms with van der Waals surface area (Å²) in [6.45, 7) is 3.38. The van der Waals surface area contributed by atoms with E-state index in [1.165, 1.54) is 6.07 Å². The quantitative estimate of drug-likeness (QED) is 0.251. The molecule has 112 valence electrons. The molecule has 20 heavy (non-hydrogen) atoms. The molecule has 0 amide bonds. The summed E-state index contributed by atoms with van der Waals surface area (Å²) in [6, 6.07) is 4.47. The fourth-order valence-electron chi connectivity index (χ4n) is 1.95. The first-order valence-corrected chi connectivity index (χ1v) is 6.70. The molecule has 5 nitrogen and oxygen atoms in total. The zero-order valence-electron chi connectivity index (χ0n) is 11.6. The van der Waals surface area contributed by atoms with Crippen LogP contribution in [0.5, 0.6) is 0 Å². The zero-order chi connectivity index (χ0) is 15.0. The monoisotopic (exact) mass is 283 g/mol. The highest BCUT2D eigenvalue weighted by atomic mass is 19.1. The summed E-state index contributed by atoms with van der Waals surface area (Å²) in [5.41, 5.74) is 6.27. The van der Waals surface area contributed by atoms with Crippen LogP contribution in [-0.2, 0) is 6.54 Å². The molecule has 0 radical (unpaired) electrons. The lowest BCUT2D eigenvalue weighted by Crippen LogP contribution is -2.23. The van der Waals surface area contributed by atoms with Crippen LogP contribution in [-0.4, -0.2) is 29.3 Å². The Morgan fingerprint density at radius 1 is 1.50 bits per heavy atom. The van der Waals surface area contributed by atoms with E-state index in [4.69, 9.17) is 16.0 Å². The van der Waals surface area contributed by atoms with Crippen molar-refractivity contribution >= 4 is 5.84 Å². The van der Waals surface area contributed by atoms with Gasteiger partial charge in [-0.15, -0.1) is 0 Å². The standard InChI is InChI=1S/C14H22FN3O2/c1-2-10(5-6-19)8-17-9-12-4-3-11(7-13(12)15)14(16)18-20/h3-4,7,10,17,19-20H,2,5-6,8-9H2,1H3,(H2,16,18). The van der Waals surface area contributed by atoms with E-state index in [0.29, 0.717) is 23.6 Å². The van der Waals surface area contributed by atoms with Crippen LogP contribution in [0.3, 0.4) is 0 Å². The third-order valence-electron chi connectivity index (χ3n) is 3.32. The van der Waals surface area contributed by atoms with Crippen LogP contribution in [0.4, 0.5) is 4.39 Å². The molecule has 0 spiro atoms. The minimum absolute atomic E-state index is 0.114. The first kappa shape index (κ1) is 16.4. The van der Waals surface area contributed by atoms with Crippen molar-refractivity contribution in [1.82, 2.24) is 5.32 Å². The number of halogens is 1. The Morgan fingerprint density at radius 2 is 2.25 bits per heavy atom. The molecule has 0 fully saturated rings. The molecule has 0 saturated heterocycles. The Balaban J connectivity index is 2.56. The Hall–Kier alpha value is -1.66. The Labute approximate surface area is 118 Å². The molecule has 0 aliphatic rings. The first-order valence-electron chi connectivity index (χ1n) is 6.70. The third-order valence-corrected chi connectivity index (χ3v) is 3.32. The first-order chi connectivity index (χ1) is 9.62. The fraction of sp³-hybridized carbons (Fsp3) is 0.500. The molecule has 0 heterocycles. The van der Waals surface area contributed by atoms with Crippen LogP contribution >= 0.6 is 0 Å². The number of nitrogens with two attached hydrogens (primary N) is 1. The minimum atomic E-state index is -0.392. The van der Waals surface area contributed by atoms with Crippen LogP contribution in [0.2, 0.25) is 0 Å². The van der Waals surface area contributed by atoms with Crippen molar-refractivity contribution in [1.29, 1.82) is 0 Å². The Bertz CT molecular complexity index is 452. The van der Waals surface area contributed by atoms with Crippen LogP contribution in [0.15, 0.2) is 23.4 Å². The lowest BCUT2D eigenvalue weighted by molar-refractivity contribution is 0.251. The summed E-state index contributed by atoms with van der Waals surface area (Å²) in [6.07, 6.45) is 1.72. The van der Waals surface area contributed by atoms with Gasteiger partial charge < -0.3 is 21.4 Å². The number of aliphatic hydroxyl groups excluding tert-OH is 1. The van der Waals surface area contributed by atoms with Gasteiger partial charge in [-0.3, -0.25) is 0 Å². The normalized spacial score (nSPS) is 13.4. The van der Waals surface area contributed by atoms with Crippen molar-refractivity contribution in [2.75, 3.05) is 13.2 Å². The number of amidine groups is 1. The summed E-state index contributed by atoms with van der Waals surface area (Å²) in [5, 5.41) is 23.5. The topological polar surface area (TPSA) is 90.9 Å². The summed E-state index contributed by atoms with van der Waals surface area (Å²) in [7, 11) is 0. The molecule has 1 unspecified atom stereocenters. The third kappa shape index (κ3) is 4.79. The van der Waals surface area contributed by atoms with E-state index >= 15 is 0 Å². The fourth-order valence-corrected chi connectivity index (χ4v) is 1.95. The highest BCUT2D eigenvalue weighted by molar-refractivity contribution is 5.97. The molecule has 0 saturated carbocycles. The van der Waals surface area contributed by atoms with Gasteiger partial charge in [-0.1, -0.05) is 30.6 Å².